The van der Waals surface area contributed by atoms with Crippen LogP contribution in [0.25, 0.3) is 0 Å². The second-order valence-corrected chi connectivity index (χ2v) is 7.20. The number of nitrogen functional groups attached to an aromatic ring is 1. The van der Waals surface area contributed by atoms with Gasteiger partial charge in [0.05, 0.1) is 0 Å². The van der Waals surface area contributed by atoms with Crippen LogP contribution in [0.2, 0.25) is 0 Å². The third-order valence-corrected chi connectivity index (χ3v) is 5.63. The third kappa shape index (κ3) is 2.99. The molecule has 102 valence electrons. The summed E-state index contributed by atoms with van der Waals surface area (Å²) in [5, 5.41) is 3.95. The van der Waals surface area contributed by atoms with Crippen LogP contribution in [0.5, 0.6) is 0 Å². The van der Waals surface area contributed by atoms with Crippen molar-refractivity contribution in [1.29, 1.82) is 0 Å². The number of hydrogen-bond donors (Lipinski definition) is 2. The van der Waals surface area contributed by atoms with Gasteiger partial charge in [-0.1, -0.05) is 0 Å². The number of nitrogens with two attached hydrogens (primary N) is 1. The Balaban J connectivity index is 2.06. The zero-order chi connectivity index (χ0) is 13.2. The molecule has 0 saturated carbocycles. The monoisotopic (exact) mass is 290 g/mol. The first-order valence-electron chi connectivity index (χ1n) is 5.93. The summed E-state index contributed by atoms with van der Waals surface area (Å²) < 4.78 is 28.3. The van der Waals surface area contributed by atoms with Gasteiger partial charge in [0.2, 0.25) is 10.0 Å². The molecule has 0 aliphatic carbocycles. The second-order valence-electron chi connectivity index (χ2n) is 4.32. The Morgan fingerprint density at radius 3 is 3.00 bits per heavy atom. The van der Waals surface area contributed by atoms with Crippen LogP contribution in [-0.4, -0.2) is 36.2 Å². The topological polar surface area (TPSA) is 90.0 Å². The third-order valence-electron chi connectivity index (χ3n) is 2.95. The normalized spacial score (nSPS) is 20.4. The van der Waals surface area contributed by atoms with E-state index in [0.29, 0.717) is 19.0 Å². The van der Waals surface area contributed by atoms with Crippen LogP contribution >= 0.6 is 11.8 Å². The molecule has 0 bridgehead atoms. The van der Waals surface area contributed by atoms with E-state index in [-0.39, 0.29) is 10.7 Å². The van der Waals surface area contributed by atoms with Gasteiger partial charge in [0.1, 0.15) is 4.90 Å². The minimum atomic E-state index is -3.54. The first kappa shape index (κ1) is 13.7. The molecule has 1 aliphatic heterocycles. The van der Waals surface area contributed by atoms with Crippen LogP contribution in [0.3, 0.4) is 0 Å². The van der Waals surface area contributed by atoms with E-state index >= 15 is 0 Å². The molecular formula is C10H18N4O2S2. The summed E-state index contributed by atoms with van der Waals surface area (Å²) >= 11 is 1.86. The van der Waals surface area contributed by atoms with Crippen LogP contribution in [0.4, 0.5) is 5.82 Å². The van der Waals surface area contributed by atoms with Gasteiger partial charge < -0.3 is 5.73 Å². The number of aryl methyl sites for hydroxylation is 1. The minimum Gasteiger partial charge on any atom is -0.381 e. The molecule has 18 heavy (non-hydrogen) atoms. The lowest BCUT2D eigenvalue weighted by molar-refractivity contribution is 0.546. The average molecular weight is 290 g/mol. The highest BCUT2D eigenvalue weighted by atomic mass is 32.2. The molecule has 6 nitrogen and oxygen atoms in total. The summed E-state index contributed by atoms with van der Waals surface area (Å²) in [7, 11) is -3.54. The predicted octanol–water partition coefficient (Wildman–Crippen LogP) is 0.517. The van der Waals surface area contributed by atoms with Crippen molar-refractivity contribution in [3.63, 3.8) is 0 Å². The Kier molecular flexibility index (Phi) is 4.18. The van der Waals surface area contributed by atoms with E-state index in [1.165, 1.54) is 10.9 Å². The molecule has 0 spiro atoms. The molecule has 0 amide bonds. The van der Waals surface area contributed by atoms with Gasteiger partial charge in [-0.2, -0.15) is 16.9 Å². The number of nitrogens with zero attached hydrogens (tertiary/aromatic N) is 2. The Bertz CT molecular complexity index is 506. The zero-order valence-corrected chi connectivity index (χ0v) is 11.9. The standard InChI is InChI=1S/C10H18N4O2S2/c1-2-14-6-9(10(11)13-14)18(15,16)12-5-8-3-4-17-7-8/h6,8,12H,2-5,7H2,1H3,(H2,11,13). The molecule has 1 unspecified atom stereocenters. The number of aromatic nitrogens is 2. The summed E-state index contributed by atoms with van der Waals surface area (Å²) in [5.41, 5.74) is 5.63. The molecule has 8 heteroatoms. The number of sulfonamides is 1. The maximum Gasteiger partial charge on any atom is 0.245 e. The summed E-state index contributed by atoms with van der Waals surface area (Å²) in [6.07, 6.45) is 2.54. The first-order chi connectivity index (χ1) is 8.53. The van der Waals surface area contributed by atoms with E-state index in [0.717, 1.165) is 17.9 Å². The van der Waals surface area contributed by atoms with Crippen molar-refractivity contribution in [2.24, 2.45) is 5.92 Å². The summed E-state index contributed by atoms with van der Waals surface area (Å²) in [6, 6.07) is 0. The first-order valence-corrected chi connectivity index (χ1v) is 8.57. The van der Waals surface area contributed by atoms with Gasteiger partial charge in [-0.15, -0.1) is 0 Å². The van der Waals surface area contributed by atoms with Crippen molar-refractivity contribution in [2.45, 2.75) is 24.8 Å². The fourth-order valence-electron chi connectivity index (χ4n) is 1.84. The highest BCUT2D eigenvalue weighted by Gasteiger charge is 2.23. The van der Waals surface area contributed by atoms with E-state index in [2.05, 4.69) is 9.82 Å². The fraction of sp³-hybridized carbons (Fsp3) is 0.700. The summed E-state index contributed by atoms with van der Waals surface area (Å²) in [5.74, 6) is 2.62. The smallest absolute Gasteiger partial charge is 0.245 e. The van der Waals surface area contributed by atoms with Crippen molar-refractivity contribution in [3.05, 3.63) is 6.20 Å². The molecule has 1 saturated heterocycles. The predicted molar refractivity (Wildman–Crippen MR) is 72.9 cm³/mol. The van der Waals surface area contributed by atoms with Gasteiger partial charge in [-0.05, 0) is 30.8 Å². The Morgan fingerprint density at radius 2 is 2.44 bits per heavy atom. The van der Waals surface area contributed by atoms with Gasteiger partial charge >= 0.3 is 0 Å². The van der Waals surface area contributed by atoms with E-state index < -0.39 is 10.0 Å². The van der Waals surface area contributed by atoms with Crippen LogP contribution < -0.4 is 10.5 Å². The number of rotatable bonds is 5. The van der Waals surface area contributed by atoms with Crippen LogP contribution in [0.1, 0.15) is 13.3 Å². The van der Waals surface area contributed by atoms with Gasteiger partial charge in [-0.25, -0.2) is 13.1 Å². The second kappa shape index (κ2) is 5.50. The molecular weight excluding hydrogens is 272 g/mol. The fourth-order valence-corrected chi connectivity index (χ4v) is 4.31. The van der Waals surface area contributed by atoms with Gasteiger partial charge in [-0.3, -0.25) is 4.68 Å². The molecule has 2 heterocycles. The number of thioether (sulfide) groups is 1. The maximum atomic E-state index is 12.1. The van der Waals surface area contributed by atoms with E-state index in [1.54, 1.807) is 0 Å². The quantitative estimate of drug-likeness (QED) is 0.825. The van der Waals surface area contributed by atoms with E-state index in [1.807, 2.05) is 18.7 Å². The molecule has 3 N–H and O–H groups in total. The molecule has 0 aromatic carbocycles. The largest absolute Gasteiger partial charge is 0.381 e. The molecule has 1 aromatic heterocycles. The Hall–Kier alpha value is -0.730. The zero-order valence-electron chi connectivity index (χ0n) is 10.3. The molecule has 0 radical (unpaired) electrons. The van der Waals surface area contributed by atoms with Gasteiger partial charge in [0.15, 0.2) is 5.82 Å². The summed E-state index contributed by atoms with van der Waals surface area (Å²) in [4.78, 5) is 0.0787. The van der Waals surface area contributed by atoms with E-state index in [9.17, 15) is 8.42 Å². The number of hydrogen-bond acceptors (Lipinski definition) is 5. The van der Waals surface area contributed by atoms with Gasteiger partial charge in [0, 0.05) is 19.3 Å². The van der Waals surface area contributed by atoms with Crippen molar-refractivity contribution in [3.8, 4) is 0 Å². The van der Waals surface area contributed by atoms with Crippen molar-refractivity contribution in [2.75, 3.05) is 23.8 Å². The maximum absolute atomic E-state index is 12.1. The number of anilines is 1. The van der Waals surface area contributed by atoms with Crippen molar-refractivity contribution < 1.29 is 8.42 Å². The van der Waals surface area contributed by atoms with E-state index in [4.69, 9.17) is 5.73 Å². The summed E-state index contributed by atoms with van der Waals surface area (Å²) in [6.45, 7) is 2.96. The number of nitrogens with one attached hydrogen (secondary N) is 1. The van der Waals surface area contributed by atoms with Crippen LogP contribution in [0.15, 0.2) is 11.1 Å². The van der Waals surface area contributed by atoms with Crippen LogP contribution in [-0.2, 0) is 16.6 Å². The lowest BCUT2D eigenvalue weighted by Crippen LogP contribution is -2.29. The minimum absolute atomic E-state index is 0.0603. The molecule has 1 atom stereocenters. The lowest BCUT2D eigenvalue weighted by Gasteiger charge is -2.09. The Labute approximate surface area is 111 Å². The SMILES string of the molecule is CCn1cc(S(=O)(=O)NCC2CCSC2)c(N)n1. The lowest BCUT2D eigenvalue weighted by atomic mass is 10.1. The van der Waals surface area contributed by atoms with Crippen molar-refractivity contribution >= 4 is 27.6 Å². The average Bonchev–Trinajstić information content (AvgIpc) is 2.95. The Morgan fingerprint density at radius 1 is 1.67 bits per heavy atom. The van der Waals surface area contributed by atoms with Crippen LogP contribution in [0, 0.1) is 5.92 Å². The molecule has 1 aromatic rings. The van der Waals surface area contributed by atoms with Crippen molar-refractivity contribution in [1.82, 2.24) is 14.5 Å². The highest BCUT2D eigenvalue weighted by Crippen LogP contribution is 2.23. The molecule has 1 aliphatic rings. The highest BCUT2D eigenvalue weighted by molar-refractivity contribution is 7.99. The molecule has 2 rings (SSSR count). The van der Waals surface area contributed by atoms with Gasteiger partial charge in [0.25, 0.3) is 0 Å². The molecule has 1 fully saturated rings.